The Balaban J connectivity index is 1.29. The van der Waals surface area contributed by atoms with Gasteiger partial charge in [0.2, 0.25) is 5.91 Å². The third-order valence-corrected chi connectivity index (χ3v) is 8.86. The molecule has 4 aliphatic rings. The van der Waals surface area contributed by atoms with E-state index in [0.29, 0.717) is 18.3 Å². The van der Waals surface area contributed by atoms with Gasteiger partial charge in [-0.25, -0.2) is 0 Å². The molecule has 0 saturated heterocycles. The number of amides is 1. The number of nitrogens with one attached hydrogen (secondary N) is 1. The summed E-state index contributed by atoms with van der Waals surface area (Å²) in [6, 6.07) is 21.6. The van der Waals surface area contributed by atoms with E-state index in [4.69, 9.17) is 0 Å². The van der Waals surface area contributed by atoms with Gasteiger partial charge in [0, 0.05) is 18.4 Å². The third-order valence-electron chi connectivity index (χ3n) is 8.86. The summed E-state index contributed by atoms with van der Waals surface area (Å²) in [5.41, 5.74) is 2.83. The Labute approximate surface area is 181 Å². The van der Waals surface area contributed by atoms with Crippen molar-refractivity contribution >= 4 is 5.91 Å². The molecule has 0 atom stereocenters. The maximum absolute atomic E-state index is 13.2. The Bertz CT molecular complexity index is 829. The molecule has 6 rings (SSSR count). The molecule has 4 fully saturated rings. The maximum Gasteiger partial charge on any atom is 0.220 e. The Kier molecular flexibility index (Phi) is 5.43. The molecule has 0 unspecified atom stereocenters. The summed E-state index contributed by atoms with van der Waals surface area (Å²) >= 11 is 0. The molecule has 0 spiro atoms. The van der Waals surface area contributed by atoms with Crippen molar-refractivity contribution in [2.45, 2.75) is 57.3 Å². The summed E-state index contributed by atoms with van der Waals surface area (Å²) in [7, 11) is 0. The number of benzene rings is 2. The SMILES string of the molecule is CC1C2CC3CC1CC(C2)C3(CC(=O)NCCCc1ccccc1)c1ccccc1. The molecule has 30 heavy (non-hydrogen) atoms. The first-order valence-electron chi connectivity index (χ1n) is 12.0. The standard InChI is InChI=1S/C28H35NO/c1-20-22-15-25-17-23(20)18-26(16-22)28(25,24-12-6-3-7-13-24)19-27(30)29-14-8-11-21-9-4-2-5-10-21/h2-7,9-10,12-13,20,22-23,25-26H,8,11,14-19H2,1H3,(H,29,30). The fourth-order valence-corrected chi connectivity index (χ4v) is 7.37. The van der Waals surface area contributed by atoms with Crippen molar-refractivity contribution in [1.29, 1.82) is 0 Å². The molecule has 4 saturated carbocycles. The summed E-state index contributed by atoms with van der Waals surface area (Å²) in [4.78, 5) is 13.2. The normalized spacial score (nSPS) is 34.1. The first-order chi connectivity index (χ1) is 14.7. The van der Waals surface area contributed by atoms with Crippen molar-refractivity contribution in [2.24, 2.45) is 29.6 Å². The lowest BCUT2D eigenvalue weighted by atomic mass is 9.41. The molecule has 4 bridgehead atoms. The minimum Gasteiger partial charge on any atom is -0.356 e. The molecule has 0 radical (unpaired) electrons. The van der Waals surface area contributed by atoms with Gasteiger partial charge in [-0.15, -0.1) is 0 Å². The molecule has 1 N–H and O–H groups in total. The highest BCUT2D eigenvalue weighted by Crippen LogP contribution is 2.65. The monoisotopic (exact) mass is 401 g/mol. The van der Waals surface area contributed by atoms with Gasteiger partial charge in [0.05, 0.1) is 0 Å². The van der Waals surface area contributed by atoms with E-state index in [9.17, 15) is 4.79 Å². The summed E-state index contributed by atoms with van der Waals surface area (Å²) in [5, 5.41) is 3.28. The highest BCUT2D eigenvalue weighted by atomic mass is 16.1. The van der Waals surface area contributed by atoms with Gasteiger partial charge >= 0.3 is 0 Å². The predicted molar refractivity (Wildman–Crippen MR) is 122 cm³/mol. The zero-order chi connectivity index (χ0) is 20.6. The van der Waals surface area contributed by atoms with Gasteiger partial charge in [-0.2, -0.15) is 0 Å². The first-order valence-corrected chi connectivity index (χ1v) is 12.0. The van der Waals surface area contributed by atoms with E-state index in [1.807, 2.05) is 0 Å². The van der Waals surface area contributed by atoms with Gasteiger partial charge in [-0.05, 0) is 79.2 Å². The van der Waals surface area contributed by atoms with E-state index in [1.54, 1.807) is 0 Å². The molecule has 0 heterocycles. The van der Waals surface area contributed by atoms with Crippen LogP contribution in [0.3, 0.4) is 0 Å². The van der Waals surface area contributed by atoms with Gasteiger partial charge in [-0.3, -0.25) is 4.79 Å². The topological polar surface area (TPSA) is 29.1 Å². The summed E-state index contributed by atoms with van der Waals surface area (Å²) in [6.45, 7) is 3.26. The molecule has 1 amide bonds. The minimum absolute atomic E-state index is 0.0535. The van der Waals surface area contributed by atoms with Crippen molar-refractivity contribution in [3.05, 3.63) is 71.8 Å². The second kappa shape index (κ2) is 8.21. The summed E-state index contributed by atoms with van der Waals surface area (Å²) < 4.78 is 0. The zero-order valence-corrected chi connectivity index (χ0v) is 18.2. The Morgan fingerprint density at radius 3 is 2.07 bits per heavy atom. The number of carbonyl (C=O) groups is 1. The van der Waals surface area contributed by atoms with Crippen LogP contribution in [0.2, 0.25) is 0 Å². The molecule has 0 aliphatic heterocycles. The quantitative estimate of drug-likeness (QED) is 0.587. The highest BCUT2D eigenvalue weighted by Gasteiger charge is 2.60. The van der Waals surface area contributed by atoms with Crippen LogP contribution in [0.25, 0.3) is 0 Å². The van der Waals surface area contributed by atoms with Crippen LogP contribution < -0.4 is 5.32 Å². The van der Waals surface area contributed by atoms with Crippen molar-refractivity contribution in [3.63, 3.8) is 0 Å². The molecule has 4 aliphatic carbocycles. The van der Waals surface area contributed by atoms with E-state index in [0.717, 1.165) is 37.1 Å². The molecule has 158 valence electrons. The fraction of sp³-hybridized carbons (Fsp3) is 0.536. The second-order valence-corrected chi connectivity index (χ2v) is 10.2. The fourth-order valence-electron chi connectivity index (χ4n) is 7.37. The van der Waals surface area contributed by atoms with Crippen molar-refractivity contribution in [2.75, 3.05) is 6.54 Å². The third kappa shape index (κ3) is 3.49. The van der Waals surface area contributed by atoms with Gasteiger partial charge in [-0.1, -0.05) is 67.6 Å². The summed E-state index contributed by atoms with van der Waals surface area (Å²) in [6.07, 6.45) is 7.99. The molecule has 2 nitrogen and oxygen atoms in total. The van der Waals surface area contributed by atoms with Gasteiger partial charge in [0.1, 0.15) is 0 Å². The number of hydrogen-bond donors (Lipinski definition) is 1. The molecule has 0 aromatic heterocycles. The van der Waals surface area contributed by atoms with E-state index in [2.05, 4.69) is 72.9 Å². The smallest absolute Gasteiger partial charge is 0.220 e. The van der Waals surface area contributed by atoms with E-state index < -0.39 is 0 Å². The van der Waals surface area contributed by atoms with Crippen LogP contribution in [0.1, 0.15) is 56.6 Å². The second-order valence-electron chi connectivity index (χ2n) is 10.2. The lowest BCUT2D eigenvalue weighted by molar-refractivity contribution is -0.133. The number of aryl methyl sites for hydroxylation is 1. The number of hydrogen-bond acceptors (Lipinski definition) is 1. The van der Waals surface area contributed by atoms with Crippen LogP contribution in [0.15, 0.2) is 60.7 Å². The van der Waals surface area contributed by atoms with Crippen LogP contribution in [0.5, 0.6) is 0 Å². The molecular weight excluding hydrogens is 366 g/mol. The average Bonchev–Trinajstić information content (AvgIpc) is 2.77. The Hall–Kier alpha value is -2.09. The molecular formula is C28H35NO. The lowest BCUT2D eigenvalue weighted by Gasteiger charge is -2.63. The van der Waals surface area contributed by atoms with Crippen LogP contribution in [0.4, 0.5) is 0 Å². The van der Waals surface area contributed by atoms with Gasteiger partial charge in [0.15, 0.2) is 0 Å². The molecule has 2 aromatic carbocycles. The van der Waals surface area contributed by atoms with E-state index in [-0.39, 0.29) is 11.3 Å². The number of carbonyl (C=O) groups excluding carboxylic acids is 1. The highest BCUT2D eigenvalue weighted by molar-refractivity contribution is 5.78. The predicted octanol–water partition coefficient (Wildman–Crippen LogP) is 5.77. The first kappa shape index (κ1) is 19.8. The maximum atomic E-state index is 13.2. The lowest BCUT2D eigenvalue weighted by Crippen LogP contribution is -2.59. The summed E-state index contributed by atoms with van der Waals surface area (Å²) in [5.74, 6) is 4.27. The van der Waals surface area contributed by atoms with Crippen LogP contribution >= 0.6 is 0 Å². The van der Waals surface area contributed by atoms with Crippen molar-refractivity contribution in [3.8, 4) is 0 Å². The molecule has 2 aromatic rings. The van der Waals surface area contributed by atoms with Crippen molar-refractivity contribution in [1.82, 2.24) is 5.32 Å². The van der Waals surface area contributed by atoms with E-state index in [1.165, 1.54) is 36.8 Å². The number of rotatable bonds is 7. The zero-order valence-electron chi connectivity index (χ0n) is 18.2. The van der Waals surface area contributed by atoms with Gasteiger partial charge < -0.3 is 5.32 Å². The average molecular weight is 402 g/mol. The minimum atomic E-state index is 0.0535. The molecule has 2 heteroatoms. The van der Waals surface area contributed by atoms with Crippen molar-refractivity contribution < 1.29 is 4.79 Å². The van der Waals surface area contributed by atoms with E-state index >= 15 is 0 Å². The van der Waals surface area contributed by atoms with Crippen LogP contribution in [-0.4, -0.2) is 12.5 Å². The Morgan fingerprint density at radius 1 is 0.900 bits per heavy atom. The Morgan fingerprint density at radius 2 is 1.47 bits per heavy atom. The van der Waals surface area contributed by atoms with Crippen LogP contribution in [0, 0.1) is 29.6 Å². The largest absolute Gasteiger partial charge is 0.356 e. The van der Waals surface area contributed by atoms with Crippen LogP contribution in [-0.2, 0) is 16.6 Å². The van der Waals surface area contributed by atoms with Gasteiger partial charge in [0.25, 0.3) is 0 Å².